The van der Waals surface area contributed by atoms with Crippen LogP contribution in [0.5, 0.6) is 0 Å². The van der Waals surface area contributed by atoms with Gasteiger partial charge in [0.25, 0.3) is 0 Å². The van der Waals surface area contributed by atoms with Crippen LogP contribution in [0.2, 0.25) is 0 Å². The van der Waals surface area contributed by atoms with E-state index >= 15 is 0 Å². The highest BCUT2D eigenvalue weighted by Crippen LogP contribution is 2.20. The average Bonchev–Trinajstić information content (AvgIpc) is 2.40. The standard InChI is InChI=1S/C15H22N2O2/c1-11-3-5-14(6-4-11)17-9-7-13(8-10-17)16-12(2)15(18)19/h3-6,12-13,16H,7-10H2,1-2H3,(H,18,19)/t12-/m0/s1. The van der Waals surface area contributed by atoms with Gasteiger partial charge >= 0.3 is 5.97 Å². The second-order valence-corrected chi connectivity index (χ2v) is 5.32. The molecule has 4 heteroatoms. The van der Waals surface area contributed by atoms with Gasteiger partial charge in [-0.1, -0.05) is 17.7 Å². The van der Waals surface area contributed by atoms with Gasteiger partial charge in [-0.05, 0) is 38.8 Å². The lowest BCUT2D eigenvalue weighted by atomic mass is 10.0. The lowest BCUT2D eigenvalue weighted by molar-refractivity contribution is -0.139. The summed E-state index contributed by atoms with van der Waals surface area (Å²) in [5, 5.41) is 12.1. The number of nitrogens with zero attached hydrogens (tertiary/aromatic N) is 1. The second kappa shape index (κ2) is 6.06. The minimum absolute atomic E-state index is 0.313. The fraction of sp³-hybridized carbons (Fsp3) is 0.533. The number of anilines is 1. The summed E-state index contributed by atoms with van der Waals surface area (Å²) in [6.07, 6.45) is 1.98. The molecule has 0 saturated carbocycles. The number of carboxylic acids is 1. The Bertz CT molecular complexity index is 422. The summed E-state index contributed by atoms with van der Waals surface area (Å²) in [7, 11) is 0. The number of carboxylic acid groups (broad SMARTS) is 1. The van der Waals surface area contributed by atoms with Gasteiger partial charge in [0.1, 0.15) is 6.04 Å². The van der Waals surface area contributed by atoms with Gasteiger partial charge < -0.3 is 15.3 Å². The third-order valence-electron chi connectivity index (χ3n) is 3.75. The first-order valence-corrected chi connectivity index (χ1v) is 6.87. The SMILES string of the molecule is Cc1ccc(N2CCC(N[C@@H](C)C(=O)O)CC2)cc1. The fourth-order valence-electron chi connectivity index (χ4n) is 2.48. The highest BCUT2D eigenvalue weighted by molar-refractivity contribution is 5.72. The van der Waals surface area contributed by atoms with E-state index in [9.17, 15) is 4.79 Å². The van der Waals surface area contributed by atoms with Crippen molar-refractivity contribution < 1.29 is 9.90 Å². The van der Waals surface area contributed by atoms with Gasteiger partial charge in [0, 0.05) is 24.8 Å². The molecule has 1 aliphatic rings. The van der Waals surface area contributed by atoms with Crippen LogP contribution in [0.15, 0.2) is 24.3 Å². The van der Waals surface area contributed by atoms with Crippen molar-refractivity contribution in [3.63, 3.8) is 0 Å². The van der Waals surface area contributed by atoms with E-state index < -0.39 is 12.0 Å². The third-order valence-corrected chi connectivity index (χ3v) is 3.75. The molecule has 0 bridgehead atoms. The summed E-state index contributed by atoms with van der Waals surface area (Å²) >= 11 is 0. The van der Waals surface area contributed by atoms with Crippen LogP contribution in [0, 0.1) is 6.92 Å². The predicted octanol–water partition coefficient (Wildman–Crippen LogP) is 2.03. The molecule has 1 aliphatic heterocycles. The summed E-state index contributed by atoms with van der Waals surface area (Å²) in [5.74, 6) is -0.777. The van der Waals surface area contributed by atoms with Crippen molar-refractivity contribution in [2.75, 3.05) is 18.0 Å². The molecule has 0 spiro atoms. The summed E-state index contributed by atoms with van der Waals surface area (Å²) in [6, 6.07) is 8.42. The lowest BCUT2D eigenvalue weighted by Crippen LogP contribution is -2.47. The zero-order chi connectivity index (χ0) is 13.8. The average molecular weight is 262 g/mol. The minimum Gasteiger partial charge on any atom is -0.480 e. The minimum atomic E-state index is -0.777. The van der Waals surface area contributed by atoms with Gasteiger partial charge in [0.2, 0.25) is 0 Å². The number of rotatable bonds is 4. The number of carbonyl (C=O) groups is 1. The van der Waals surface area contributed by atoms with E-state index in [0.717, 1.165) is 25.9 Å². The highest BCUT2D eigenvalue weighted by Gasteiger charge is 2.22. The van der Waals surface area contributed by atoms with E-state index in [1.807, 2.05) is 0 Å². The molecule has 104 valence electrons. The molecule has 1 saturated heterocycles. The fourth-order valence-corrected chi connectivity index (χ4v) is 2.48. The molecular weight excluding hydrogens is 240 g/mol. The van der Waals surface area contributed by atoms with Gasteiger partial charge in [0.15, 0.2) is 0 Å². The first-order valence-electron chi connectivity index (χ1n) is 6.87. The molecule has 0 radical (unpaired) electrons. The molecule has 1 fully saturated rings. The summed E-state index contributed by atoms with van der Waals surface area (Å²) in [4.78, 5) is 13.2. The monoisotopic (exact) mass is 262 g/mol. The van der Waals surface area contributed by atoms with Crippen molar-refractivity contribution in [2.45, 2.75) is 38.8 Å². The zero-order valence-corrected chi connectivity index (χ0v) is 11.6. The second-order valence-electron chi connectivity index (χ2n) is 5.32. The van der Waals surface area contributed by atoms with Crippen LogP contribution in [0.3, 0.4) is 0 Å². The number of piperidine rings is 1. The molecule has 1 heterocycles. The zero-order valence-electron chi connectivity index (χ0n) is 11.6. The van der Waals surface area contributed by atoms with Crippen molar-refractivity contribution in [1.82, 2.24) is 5.32 Å². The van der Waals surface area contributed by atoms with E-state index in [4.69, 9.17) is 5.11 Å². The Hall–Kier alpha value is -1.55. The van der Waals surface area contributed by atoms with Crippen molar-refractivity contribution in [1.29, 1.82) is 0 Å². The molecule has 0 unspecified atom stereocenters. The quantitative estimate of drug-likeness (QED) is 0.871. The van der Waals surface area contributed by atoms with E-state index in [2.05, 4.69) is 41.4 Å². The topological polar surface area (TPSA) is 52.6 Å². The molecule has 1 aromatic carbocycles. The van der Waals surface area contributed by atoms with Gasteiger partial charge in [-0.3, -0.25) is 4.79 Å². The van der Waals surface area contributed by atoms with E-state index in [-0.39, 0.29) is 0 Å². The largest absolute Gasteiger partial charge is 0.480 e. The van der Waals surface area contributed by atoms with E-state index in [0.29, 0.717) is 6.04 Å². The maximum Gasteiger partial charge on any atom is 0.320 e. The lowest BCUT2D eigenvalue weighted by Gasteiger charge is -2.34. The highest BCUT2D eigenvalue weighted by atomic mass is 16.4. The summed E-state index contributed by atoms with van der Waals surface area (Å²) < 4.78 is 0. The van der Waals surface area contributed by atoms with Crippen LogP contribution in [0.1, 0.15) is 25.3 Å². The Balaban J connectivity index is 1.85. The van der Waals surface area contributed by atoms with E-state index in [1.54, 1.807) is 6.92 Å². The van der Waals surface area contributed by atoms with Crippen molar-refractivity contribution in [3.8, 4) is 0 Å². The van der Waals surface area contributed by atoms with Gasteiger partial charge in [-0.25, -0.2) is 0 Å². The molecule has 4 nitrogen and oxygen atoms in total. The predicted molar refractivity (Wildman–Crippen MR) is 76.6 cm³/mol. The molecule has 1 aromatic rings. The molecule has 0 amide bonds. The van der Waals surface area contributed by atoms with E-state index in [1.165, 1.54) is 11.3 Å². The van der Waals surface area contributed by atoms with Crippen LogP contribution < -0.4 is 10.2 Å². The smallest absolute Gasteiger partial charge is 0.320 e. The Labute approximate surface area is 114 Å². The number of aliphatic carboxylic acids is 1. The van der Waals surface area contributed by atoms with Crippen LogP contribution >= 0.6 is 0 Å². The molecule has 2 N–H and O–H groups in total. The number of nitrogens with one attached hydrogen (secondary N) is 1. The first kappa shape index (κ1) is 13.9. The molecule has 0 aliphatic carbocycles. The normalized spacial score (nSPS) is 18.3. The maximum atomic E-state index is 10.8. The molecule has 2 rings (SSSR count). The Kier molecular flexibility index (Phi) is 4.43. The number of hydrogen-bond donors (Lipinski definition) is 2. The van der Waals surface area contributed by atoms with Gasteiger partial charge in [-0.15, -0.1) is 0 Å². The summed E-state index contributed by atoms with van der Waals surface area (Å²) in [6.45, 7) is 5.75. The first-order chi connectivity index (χ1) is 9.06. The molecule has 0 aromatic heterocycles. The van der Waals surface area contributed by atoms with Crippen LogP contribution in [0.25, 0.3) is 0 Å². The maximum absolute atomic E-state index is 10.8. The summed E-state index contributed by atoms with van der Waals surface area (Å²) in [5.41, 5.74) is 2.53. The molecule has 19 heavy (non-hydrogen) atoms. The van der Waals surface area contributed by atoms with Crippen LogP contribution in [-0.4, -0.2) is 36.2 Å². The van der Waals surface area contributed by atoms with Crippen molar-refractivity contribution in [3.05, 3.63) is 29.8 Å². The van der Waals surface area contributed by atoms with Gasteiger partial charge in [-0.2, -0.15) is 0 Å². The third kappa shape index (κ3) is 3.70. The van der Waals surface area contributed by atoms with Crippen molar-refractivity contribution in [2.24, 2.45) is 0 Å². The Morgan fingerprint density at radius 3 is 2.42 bits per heavy atom. The van der Waals surface area contributed by atoms with Crippen LogP contribution in [-0.2, 0) is 4.79 Å². The van der Waals surface area contributed by atoms with Crippen LogP contribution in [0.4, 0.5) is 5.69 Å². The number of aryl methyl sites for hydroxylation is 1. The molecular formula is C15H22N2O2. The Morgan fingerprint density at radius 1 is 1.32 bits per heavy atom. The Morgan fingerprint density at radius 2 is 1.89 bits per heavy atom. The number of benzene rings is 1. The molecule has 1 atom stereocenters. The van der Waals surface area contributed by atoms with Gasteiger partial charge in [0.05, 0.1) is 0 Å². The number of hydrogen-bond acceptors (Lipinski definition) is 3. The van der Waals surface area contributed by atoms with Crippen molar-refractivity contribution >= 4 is 11.7 Å².